The maximum atomic E-state index is 12.0. The Bertz CT molecular complexity index is 919. The summed E-state index contributed by atoms with van der Waals surface area (Å²) in [7, 11) is 0. The molecule has 0 radical (unpaired) electrons. The summed E-state index contributed by atoms with van der Waals surface area (Å²) in [5, 5.41) is 2.78. The van der Waals surface area contributed by atoms with Crippen LogP contribution >= 0.6 is 31.9 Å². The van der Waals surface area contributed by atoms with E-state index in [2.05, 4.69) is 48.0 Å². The monoisotopic (exact) mass is 525 g/mol. The molecule has 0 spiro atoms. The lowest BCUT2D eigenvalue weighted by molar-refractivity contribution is -0.130. The average Bonchev–Trinajstić information content (AvgIpc) is 2.67. The van der Waals surface area contributed by atoms with Crippen LogP contribution < -0.4 is 20.9 Å². The third-order valence-electron chi connectivity index (χ3n) is 3.84. The van der Waals surface area contributed by atoms with E-state index in [1.165, 1.54) is 0 Å². The zero-order valence-corrected chi connectivity index (χ0v) is 19.1. The lowest BCUT2D eigenvalue weighted by Crippen LogP contribution is -2.44. The molecule has 9 heteroatoms. The predicted octanol–water partition coefficient (Wildman–Crippen LogP) is 3.77. The van der Waals surface area contributed by atoms with Crippen molar-refractivity contribution in [2.45, 2.75) is 26.7 Å². The van der Waals surface area contributed by atoms with Gasteiger partial charge in [0.05, 0.1) is 4.47 Å². The van der Waals surface area contributed by atoms with Gasteiger partial charge in [-0.15, -0.1) is 0 Å². The third-order valence-corrected chi connectivity index (χ3v) is 4.95. The number of carbonyl (C=O) groups excluding carboxylic acids is 3. The van der Waals surface area contributed by atoms with E-state index in [1.807, 2.05) is 32.0 Å². The fourth-order valence-corrected chi connectivity index (χ4v) is 3.45. The first-order valence-electron chi connectivity index (χ1n) is 8.77. The molecule has 0 saturated heterocycles. The van der Waals surface area contributed by atoms with Gasteiger partial charge in [0.25, 0.3) is 5.91 Å². The Balaban J connectivity index is 1.69. The molecule has 29 heavy (non-hydrogen) atoms. The zero-order valence-electron chi connectivity index (χ0n) is 16.0. The summed E-state index contributed by atoms with van der Waals surface area (Å²) in [6.45, 7) is 3.56. The highest BCUT2D eigenvalue weighted by molar-refractivity contribution is 9.11. The molecule has 2 aromatic rings. The van der Waals surface area contributed by atoms with Gasteiger partial charge in [-0.05, 0) is 65.2 Å². The fourth-order valence-electron chi connectivity index (χ4n) is 2.28. The van der Waals surface area contributed by atoms with E-state index < -0.39 is 11.8 Å². The number of benzene rings is 2. The summed E-state index contributed by atoms with van der Waals surface area (Å²) < 4.78 is 6.94. The minimum atomic E-state index is -0.520. The molecule has 0 bridgehead atoms. The first kappa shape index (κ1) is 22.9. The van der Waals surface area contributed by atoms with E-state index in [9.17, 15) is 14.4 Å². The number of halogens is 2. The molecule has 0 saturated carbocycles. The summed E-state index contributed by atoms with van der Waals surface area (Å²) in [6.07, 6.45) is -0.0620. The molecule has 2 rings (SSSR count). The Morgan fingerprint density at radius 1 is 0.897 bits per heavy atom. The standard InChI is InChI=1S/C20H21Br2N3O4/c1-12-3-4-13(2)16(9-12)23-18(26)7-8-19(27)24-25-20(28)11-29-17-6-5-14(21)10-15(17)22/h3-6,9-10H,7-8,11H2,1-2H3,(H,23,26)(H,24,27)(H,25,28). The molecule has 3 amide bonds. The van der Waals surface area contributed by atoms with Gasteiger partial charge in [0, 0.05) is 23.0 Å². The molecule has 0 fully saturated rings. The molecule has 0 aromatic heterocycles. The van der Waals surface area contributed by atoms with Crippen LogP contribution in [0.1, 0.15) is 24.0 Å². The fraction of sp³-hybridized carbons (Fsp3) is 0.250. The maximum absolute atomic E-state index is 12.0. The Morgan fingerprint density at radius 2 is 1.59 bits per heavy atom. The van der Waals surface area contributed by atoms with E-state index in [0.717, 1.165) is 21.3 Å². The van der Waals surface area contributed by atoms with Crippen molar-refractivity contribution in [1.29, 1.82) is 0 Å². The van der Waals surface area contributed by atoms with Gasteiger partial charge in [0.15, 0.2) is 6.61 Å². The second-order valence-electron chi connectivity index (χ2n) is 6.33. The molecular formula is C20H21Br2N3O4. The van der Waals surface area contributed by atoms with Gasteiger partial charge in [0.1, 0.15) is 5.75 Å². The van der Waals surface area contributed by atoms with Crippen LogP contribution in [-0.2, 0) is 14.4 Å². The van der Waals surface area contributed by atoms with Crippen LogP contribution in [0.4, 0.5) is 5.69 Å². The predicted molar refractivity (Wildman–Crippen MR) is 117 cm³/mol. The lowest BCUT2D eigenvalue weighted by atomic mass is 10.1. The number of rotatable bonds is 7. The number of hydrazine groups is 1. The van der Waals surface area contributed by atoms with E-state index in [4.69, 9.17) is 4.74 Å². The van der Waals surface area contributed by atoms with Crippen LogP contribution in [0.5, 0.6) is 5.75 Å². The van der Waals surface area contributed by atoms with Crippen LogP contribution in [-0.4, -0.2) is 24.3 Å². The van der Waals surface area contributed by atoms with Crippen molar-refractivity contribution < 1.29 is 19.1 Å². The van der Waals surface area contributed by atoms with Crippen LogP contribution in [0.3, 0.4) is 0 Å². The minimum Gasteiger partial charge on any atom is -0.483 e. The van der Waals surface area contributed by atoms with E-state index >= 15 is 0 Å². The molecular weight excluding hydrogens is 506 g/mol. The highest BCUT2D eigenvalue weighted by atomic mass is 79.9. The number of carbonyl (C=O) groups is 3. The maximum Gasteiger partial charge on any atom is 0.276 e. The molecule has 0 unspecified atom stereocenters. The molecule has 0 atom stereocenters. The minimum absolute atomic E-state index is 0.00255. The number of hydrogen-bond donors (Lipinski definition) is 3. The number of amides is 3. The quantitative estimate of drug-likeness (QED) is 0.478. The van der Waals surface area contributed by atoms with Gasteiger partial charge in [-0.3, -0.25) is 25.2 Å². The van der Waals surface area contributed by atoms with Crippen molar-refractivity contribution in [1.82, 2.24) is 10.9 Å². The van der Waals surface area contributed by atoms with E-state index in [0.29, 0.717) is 10.2 Å². The van der Waals surface area contributed by atoms with Crippen molar-refractivity contribution in [3.05, 3.63) is 56.5 Å². The van der Waals surface area contributed by atoms with Crippen molar-refractivity contribution in [2.75, 3.05) is 11.9 Å². The Hall–Kier alpha value is -2.39. The van der Waals surface area contributed by atoms with Crippen LogP contribution in [0.2, 0.25) is 0 Å². The highest BCUT2D eigenvalue weighted by Crippen LogP contribution is 2.28. The number of anilines is 1. The topological polar surface area (TPSA) is 96.5 Å². The molecule has 3 N–H and O–H groups in total. The highest BCUT2D eigenvalue weighted by Gasteiger charge is 2.11. The Labute approximate surface area is 185 Å². The van der Waals surface area contributed by atoms with Gasteiger partial charge in [-0.2, -0.15) is 0 Å². The summed E-state index contributed by atoms with van der Waals surface area (Å²) in [5.74, 6) is -0.770. The number of ether oxygens (including phenoxy) is 1. The normalized spacial score (nSPS) is 10.2. The van der Waals surface area contributed by atoms with Crippen molar-refractivity contribution in [3.63, 3.8) is 0 Å². The van der Waals surface area contributed by atoms with Gasteiger partial charge in [-0.25, -0.2) is 0 Å². The van der Waals surface area contributed by atoms with Crippen molar-refractivity contribution in [2.24, 2.45) is 0 Å². The van der Waals surface area contributed by atoms with Crippen LogP contribution in [0.25, 0.3) is 0 Å². The van der Waals surface area contributed by atoms with Crippen LogP contribution in [0.15, 0.2) is 45.3 Å². The first-order chi connectivity index (χ1) is 13.7. The summed E-state index contributed by atoms with van der Waals surface area (Å²) in [6, 6.07) is 11.0. The molecule has 0 aliphatic rings. The molecule has 7 nitrogen and oxygen atoms in total. The smallest absolute Gasteiger partial charge is 0.276 e. The van der Waals surface area contributed by atoms with E-state index in [1.54, 1.807) is 18.2 Å². The van der Waals surface area contributed by atoms with Gasteiger partial charge >= 0.3 is 0 Å². The van der Waals surface area contributed by atoms with Crippen LogP contribution in [0, 0.1) is 13.8 Å². The number of aryl methyl sites for hydroxylation is 2. The largest absolute Gasteiger partial charge is 0.483 e. The summed E-state index contributed by atoms with van der Waals surface area (Å²) in [5.41, 5.74) is 7.21. The first-order valence-corrected chi connectivity index (χ1v) is 10.4. The molecule has 0 heterocycles. The lowest BCUT2D eigenvalue weighted by Gasteiger charge is -2.11. The van der Waals surface area contributed by atoms with E-state index in [-0.39, 0.29) is 25.4 Å². The summed E-state index contributed by atoms with van der Waals surface area (Å²) >= 11 is 6.66. The summed E-state index contributed by atoms with van der Waals surface area (Å²) in [4.78, 5) is 35.7. The molecule has 154 valence electrons. The number of hydrogen-bond acceptors (Lipinski definition) is 4. The Kier molecular flexibility index (Phi) is 8.66. The molecule has 0 aliphatic heterocycles. The second kappa shape index (κ2) is 11.0. The zero-order chi connectivity index (χ0) is 21.4. The second-order valence-corrected chi connectivity index (χ2v) is 8.10. The SMILES string of the molecule is Cc1ccc(C)c(NC(=O)CCC(=O)NNC(=O)COc2ccc(Br)cc2Br)c1. The number of nitrogens with one attached hydrogen (secondary N) is 3. The molecule has 0 aliphatic carbocycles. The Morgan fingerprint density at radius 3 is 2.31 bits per heavy atom. The van der Waals surface area contributed by atoms with Crippen molar-refractivity contribution in [3.8, 4) is 5.75 Å². The third kappa shape index (κ3) is 7.86. The van der Waals surface area contributed by atoms with Gasteiger partial charge in [-0.1, -0.05) is 28.1 Å². The van der Waals surface area contributed by atoms with Gasteiger partial charge < -0.3 is 10.1 Å². The van der Waals surface area contributed by atoms with Crippen molar-refractivity contribution >= 4 is 55.3 Å². The average molecular weight is 527 g/mol. The van der Waals surface area contributed by atoms with Gasteiger partial charge in [0.2, 0.25) is 11.8 Å². The molecule has 2 aromatic carbocycles.